The quantitative estimate of drug-likeness (QED) is 0.809. The number of hydrogen-bond acceptors (Lipinski definition) is 4. The van der Waals surface area contributed by atoms with Crippen LogP contribution in [-0.4, -0.2) is 14.7 Å². The van der Waals surface area contributed by atoms with E-state index in [0.717, 1.165) is 0 Å². The summed E-state index contributed by atoms with van der Waals surface area (Å²) in [4.78, 5) is 16.4. The Morgan fingerprint density at radius 2 is 2.15 bits per heavy atom. The molecule has 1 atom stereocenters. The number of rotatable bonds is 3. The SMILES string of the molecule is O=c1c2sccc2ncn1CC(O)c1ccccc1Cl. The number of hydrogen-bond donors (Lipinski definition) is 1. The van der Waals surface area contributed by atoms with Crippen LogP contribution < -0.4 is 5.56 Å². The van der Waals surface area contributed by atoms with Crippen LogP contribution in [0.15, 0.2) is 46.8 Å². The number of aliphatic hydroxyl groups is 1. The molecular formula is C14H11ClN2O2S. The number of fused-ring (bicyclic) bond motifs is 1. The highest BCUT2D eigenvalue weighted by Crippen LogP contribution is 2.23. The van der Waals surface area contributed by atoms with Crippen LogP contribution in [0.5, 0.6) is 0 Å². The molecule has 3 rings (SSSR count). The van der Waals surface area contributed by atoms with Crippen molar-refractivity contribution in [3.8, 4) is 0 Å². The number of halogens is 1. The summed E-state index contributed by atoms with van der Waals surface area (Å²) >= 11 is 7.39. The van der Waals surface area contributed by atoms with E-state index in [-0.39, 0.29) is 12.1 Å². The average Bonchev–Trinajstić information content (AvgIpc) is 2.91. The number of nitrogens with zero attached hydrogens (tertiary/aromatic N) is 2. The van der Waals surface area contributed by atoms with Crippen molar-refractivity contribution in [3.05, 3.63) is 63.0 Å². The van der Waals surface area contributed by atoms with Crippen LogP contribution in [0.1, 0.15) is 11.7 Å². The fraction of sp³-hybridized carbons (Fsp3) is 0.143. The minimum absolute atomic E-state index is 0.128. The van der Waals surface area contributed by atoms with Gasteiger partial charge in [0.2, 0.25) is 0 Å². The van der Waals surface area contributed by atoms with Gasteiger partial charge in [-0.1, -0.05) is 29.8 Å². The molecule has 0 aliphatic heterocycles. The Labute approximate surface area is 123 Å². The zero-order valence-corrected chi connectivity index (χ0v) is 11.9. The van der Waals surface area contributed by atoms with Gasteiger partial charge in [0, 0.05) is 10.6 Å². The van der Waals surface area contributed by atoms with Crippen LogP contribution in [0, 0.1) is 0 Å². The third-order valence-corrected chi connectivity index (χ3v) is 4.31. The fourth-order valence-electron chi connectivity index (χ4n) is 2.04. The molecule has 1 N–H and O–H groups in total. The van der Waals surface area contributed by atoms with Crippen molar-refractivity contribution in [3.63, 3.8) is 0 Å². The molecule has 2 heterocycles. The molecule has 3 aromatic rings. The van der Waals surface area contributed by atoms with Gasteiger partial charge in [-0.15, -0.1) is 11.3 Å². The molecule has 0 amide bonds. The number of aromatic nitrogens is 2. The van der Waals surface area contributed by atoms with E-state index in [1.165, 1.54) is 22.2 Å². The maximum atomic E-state index is 12.2. The normalized spacial score (nSPS) is 12.7. The molecule has 4 nitrogen and oxygen atoms in total. The summed E-state index contributed by atoms with van der Waals surface area (Å²) < 4.78 is 2.01. The molecule has 0 spiro atoms. The molecule has 102 valence electrons. The minimum atomic E-state index is -0.847. The third kappa shape index (κ3) is 2.35. The standard InChI is InChI=1S/C14H11ClN2O2S/c15-10-4-2-1-3-9(10)12(18)7-17-8-16-11-5-6-20-13(11)14(17)19/h1-6,8,12,18H,7H2. The molecule has 0 saturated carbocycles. The lowest BCUT2D eigenvalue weighted by molar-refractivity contribution is 0.155. The summed E-state index contributed by atoms with van der Waals surface area (Å²) in [5.74, 6) is 0. The second kappa shape index (κ2) is 5.36. The molecule has 0 aliphatic carbocycles. The van der Waals surface area contributed by atoms with Crippen LogP contribution in [0.25, 0.3) is 10.2 Å². The van der Waals surface area contributed by atoms with Crippen LogP contribution in [0.3, 0.4) is 0 Å². The highest BCUT2D eigenvalue weighted by atomic mass is 35.5. The first-order valence-corrected chi connectivity index (χ1v) is 7.27. The summed E-state index contributed by atoms with van der Waals surface area (Å²) in [5, 5.41) is 12.5. The first kappa shape index (κ1) is 13.3. The number of thiophene rings is 1. The second-order valence-electron chi connectivity index (χ2n) is 4.37. The summed E-state index contributed by atoms with van der Waals surface area (Å²) in [6, 6.07) is 8.85. The van der Waals surface area contributed by atoms with Gasteiger partial charge in [0.25, 0.3) is 5.56 Å². The van der Waals surface area contributed by atoms with Crippen LogP contribution in [0.2, 0.25) is 5.02 Å². The van der Waals surface area contributed by atoms with Crippen molar-refractivity contribution in [2.75, 3.05) is 0 Å². The maximum Gasteiger partial charge on any atom is 0.271 e. The molecular weight excluding hydrogens is 296 g/mol. The predicted octanol–water partition coefficient (Wildman–Crippen LogP) is 2.85. The first-order valence-electron chi connectivity index (χ1n) is 6.02. The Morgan fingerprint density at radius 3 is 2.95 bits per heavy atom. The monoisotopic (exact) mass is 306 g/mol. The van der Waals surface area contributed by atoms with Gasteiger partial charge in [0.05, 0.1) is 24.5 Å². The Morgan fingerprint density at radius 1 is 1.35 bits per heavy atom. The Hall–Kier alpha value is -1.69. The maximum absolute atomic E-state index is 12.2. The van der Waals surface area contributed by atoms with Crippen molar-refractivity contribution >= 4 is 33.2 Å². The van der Waals surface area contributed by atoms with E-state index in [1.807, 2.05) is 5.38 Å². The van der Waals surface area contributed by atoms with E-state index in [1.54, 1.807) is 30.3 Å². The molecule has 0 radical (unpaired) electrons. The van der Waals surface area contributed by atoms with E-state index >= 15 is 0 Å². The van der Waals surface area contributed by atoms with Crippen molar-refractivity contribution in [2.24, 2.45) is 0 Å². The van der Waals surface area contributed by atoms with Gasteiger partial charge in [-0.3, -0.25) is 9.36 Å². The van der Waals surface area contributed by atoms with Crippen molar-refractivity contribution in [1.82, 2.24) is 9.55 Å². The number of benzene rings is 1. The summed E-state index contributed by atoms with van der Waals surface area (Å²) in [6.07, 6.45) is 0.609. The van der Waals surface area contributed by atoms with Crippen LogP contribution in [-0.2, 0) is 6.54 Å². The molecule has 1 unspecified atom stereocenters. The molecule has 2 aromatic heterocycles. The Balaban J connectivity index is 1.95. The van der Waals surface area contributed by atoms with Gasteiger partial charge in [0.15, 0.2) is 0 Å². The fourth-order valence-corrected chi connectivity index (χ4v) is 3.09. The highest BCUT2D eigenvalue weighted by Gasteiger charge is 2.14. The largest absolute Gasteiger partial charge is 0.386 e. The average molecular weight is 307 g/mol. The van der Waals surface area contributed by atoms with Gasteiger partial charge in [-0.05, 0) is 17.5 Å². The predicted molar refractivity (Wildman–Crippen MR) is 80.3 cm³/mol. The lowest BCUT2D eigenvalue weighted by atomic mass is 10.1. The van der Waals surface area contributed by atoms with Gasteiger partial charge in [-0.25, -0.2) is 4.98 Å². The molecule has 0 aliphatic rings. The number of aliphatic hydroxyl groups excluding tert-OH is 1. The lowest BCUT2D eigenvalue weighted by Crippen LogP contribution is -2.23. The Bertz CT molecular complexity index is 812. The van der Waals surface area contributed by atoms with Crippen LogP contribution in [0.4, 0.5) is 0 Å². The zero-order valence-electron chi connectivity index (χ0n) is 10.4. The van der Waals surface area contributed by atoms with Gasteiger partial charge in [0.1, 0.15) is 4.70 Å². The highest BCUT2D eigenvalue weighted by molar-refractivity contribution is 7.17. The molecule has 0 bridgehead atoms. The minimum Gasteiger partial charge on any atom is -0.386 e. The van der Waals surface area contributed by atoms with Crippen molar-refractivity contribution in [1.29, 1.82) is 0 Å². The molecule has 0 saturated heterocycles. The van der Waals surface area contributed by atoms with Crippen molar-refractivity contribution < 1.29 is 5.11 Å². The van der Waals surface area contributed by atoms with E-state index in [2.05, 4.69) is 4.98 Å². The summed E-state index contributed by atoms with van der Waals surface area (Å²) in [6.45, 7) is 0.128. The second-order valence-corrected chi connectivity index (χ2v) is 5.70. The zero-order chi connectivity index (χ0) is 14.1. The Kier molecular flexibility index (Phi) is 3.56. The summed E-state index contributed by atoms with van der Waals surface area (Å²) in [7, 11) is 0. The van der Waals surface area contributed by atoms with Crippen LogP contribution >= 0.6 is 22.9 Å². The van der Waals surface area contributed by atoms with E-state index in [4.69, 9.17) is 11.6 Å². The molecule has 1 aromatic carbocycles. The molecule has 0 fully saturated rings. The van der Waals surface area contributed by atoms with Gasteiger partial charge >= 0.3 is 0 Å². The van der Waals surface area contributed by atoms with Gasteiger partial charge < -0.3 is 5.11 Å². The lowest BCUT2D eigenvalue weighted by Gasteiger charge is -2.13. The molecule has 20 heavy (non-hydrogen) atoms. The van der Waals surface area contributed by atoms with Crippen molar-refractivity contribution in [2.45, 2.75) is 12.6 Å². The topological polar surface area (TPSA) is 55.1 Å². The van der Waals surface area contributed by atoms with Gasteiger partial charge in [-0.2, -0.15) is 0 Å². The van der Waals surface area contributed by atoms with E-state index in [0.29, 0.717) is 20.8 Å². The third-order valence-electron chi connectivity index (χ3n) is 3.07. The van der Waals surface area contributed by atoms with E-state index in [9.17, 15) is 9.90 Å². The smallest absolute Gasteiger partial charge is 0.271 e. The van der Waals surface area contributed by atoms with E-state index < -0.39 is 6.10 Å². The first-order chi connectivity index (χ1) is 9.66. The molecule has 6 heteroatoms. The summed E-state index contributed by atoms with van der Waals surface area (Å²) in [5.41, 5.74) is 1.15.